The second-order valence-corrected chi connectivity index (χ2v) is 5.32. The van der Waals surface area contributed by atoms with E-state index in [1.54, 1.807) is 0 Å². The number of hydrogen-bond donors (Lipinski definition) is 1. The van der Waals surface area contributed by atoms with Crippen molar-refractivity contribution in [1.82, 2.24) is 0 Å². The zero-order valence-corrected chi connectivity index (χ0v) is 12.7. The van der Waals surface area contributed by atoms with Gasteiger partial charge in [-0.05, 0) is 55.2 Å². The molecule has 2 heteroatoms. The Hall–Kier alpha value is -1.80. The first-order valence-electron chi connectivity index (χ1n) is 7.24. The van der Waals surface area contributed by atoms with E-state index in [-0.39, 0.29) is 0 Å². The molecule has 2 aromatic carbocycles. The molecule has 0 aliphatic heterocycles. The van der Waals surface area contributed by atoms with Crippen molar-refractivity contribution in [2.45, 2.75) is 33.9 Å². The molecule has 0 unspecified atom stereocenters. The first-order chi connectivity index (χ1) is 9.63. The summed E-state index contributed by atoms with van der Waals surface area (Å²) < 4.78 is 0. The van der Waals surface area contributed by atoms with Gasteiger partial charge in [0.15, 0.2) is 0 Å². The molecule has 0 radical (unpaired) electrons. The van der Waals surface area contributed by atoms with Gasteiger partial charge in [-0.25, -0.2) is 0 Å². The highest BCUT2D eigenvalue weighted by Crippen LogP contribution is 2.20. The molecule has 0 bridgehead atoms. The van der Waals surface area contributed by atoms with Crippen LogP contribution in [0.1, 0.15) is 29.2 Å². The van der Waals surface area contributed by atoms with Crippen molar-refractivity contribution in [3.05, 3.63) is 64.7 Å². The largest absolute Gasteiger partial charge is 0.367 e. The fraction of sp³-hybridized carbons (Fsp3) is 0.333. The number of nitrogens with two attached hydrogens (primary N) is 1. The van der Waals surface area contributed by atoms with Crippen molar-refractivity contribution in [2.75, 3.05) is 11.4 Å². The van der Waals surface area contributed by atoms with E-state index in [1.807, 2.05) is 0 Å². The predicted molar refractivity (Wildman–Crippen MR) is 87.0 cm³/mol. The summed E-state index contributed by atoms with van der Waals surface area (Å²) in [6.07, 6.45) is 0. The lowest BCUT2D eigenvalue weighted by molar-refractivity contribution is 0.825. The summed E-state index contributed by atoms with van der Waals surface area (Å²) >= 11 is 0. The summed E-state index contributed by atoms with van der Waals surface area (Å²) in [5.74, 6) is 0. The van der Waals surface area contributed by atoms with Crippen LogP contribution in [0.2, 0.25) is 0 Å². The average molecular weight is 268 g/mol. The maximum atomic E-state index is 5.69. The van der Waals surface area contributed by atoms with Gasteiger partial charge in [0.2, 0.25) is 0 Å². The van der Waals surface area contributed by atoms with Crippen LogP contribution < -0.4 is 10.6 Å². The molecule has 0 atom stereocenters. The number of anilines is 1. The molecule has 0 saturated carbocycles. The topological polar surface area (TPSA) is 29.3 Å². The molecule has 0 fully saturated rings. The first-order valence-corrected chi connectivity index (χ1v) is 7.24. The first kappa shape index (κ1) is 14.6. The van der Waals surface area contributed by atoms with E-state index >= 15 is 0 Å². The molecule has 0 heterocycles. The number of nitrogens with zero attached hydrogens (tertiary/aromatic N) is 1. The molecule has 0 aromatic heterocycles. The zero-order chi connectivity index (χ0) is 14.5. The Morgan fingerprint density at radius 3 is 2.45 bits per heavy atom. The summed E-state index contributed by atoms with van der Waals surface area (Å²) in [6, 6.07) is 15.2. The van der Waals surface area contributed by atoms with Gasteiger partial charge in [0.1, 0.15) is 0 Å². The molecule has 0 aliphatic carbocycles. The molecular weight excluding hydrogens is 244 g/mol. The van der Waals surface area contributed by atoms with Gasteiger partial charge in [-0.1, -0.05) is 30.3 Å². The summed E-state index contributed by atoms with van der Waals surface area (Å²) in [5.41, 5.74) is 12.2. The summed E-state index contributed by atoms with van der Waals surface area (Å²) in [4.78, 5) is 2.40. The van der Waals surface area contributed by atoms with Crippen molar-refractivity contribution >= 4 is 5.69 Å². The van der Waals surface area contributed by atoms with Gasteiger partial charge in [-0.15, -0.1) is 0 Å². The van der Waals surface area contributed by atoms with Crippen molar-refractivity contribution in [1.29, 1.82) is 0 Å². The summed E-state index contributed by atoms with van der Waals surface area (Å²) in [7, 11) is 0. The minimum Gasteiger partial charge on any atom is -0.367 e. The van der Waals surface area contributed by atoms with Crippen LogP contribution in [-0.4, -0.2) is 6.54 Å². The van der Waals surface area contributed by atoms with Gasteiger partial charge in [0.05, 0.1) is 0 Å². The van der Waals surface area contributed by atoms with Crippen molar-refractivity contribution in [3.63, 3.8) is 0 Å². The van der Waals surface area contributed by atoms with E-state index in [2.05, 4.69) is 68.1 Å². The van der Waals surface area contributed by atoms with Gasteiger partial charge < -0.3 is 10.6 Å². The standard InChI is InChI=1S/C18H24N2/c1-4-20(18-7-5-6-14(2)10-18)13-17-9-8-16(12-19)11-15(17)3/h5-11H,4,12-13,19H2,1-3H3. The molecule has 2 N–H and O–H groups in total. The van der Waals surface area contributed by atoms with Crippen molar-refractivity contribution in [2.24, 2.45) is 5.73 Å². The molecule has 0 spiro atoms. The van der Waals surface area contributed by atoms with Crippen LogP contribution in [0.5, 0.6) is 0 Å². The number of aryl methyl sites for hydroxylation is 2. The quantitative estimate of drug-likeness (QED) is 0.894. The monoisotopic (exact) mass is 268 g/mol. The third-order valence-corrected chi connectivity index (χ3v) is 3.75. The van der Waals surface area contributed by atoms with Crippen LogP contribution in [-0.2, 0) is 13.1 Å². The van der Waals surface area contributed by atoms with Gasteiger partial charge in [-0.3, -0.25) is 0 Å². The minimum atomic E-state index is 0.608. The third kappa shape index (κ3) is 3.40. The third-order valence-electron chi connectivity index (χ3n) is 3.75. The lowest BCUT2D eigenvalue weighted by atomic mass is 10.0. The molecule has 106 valence electrons. The smallest absolute Gasteiger partial charge is 0.0431 e. The van der Waals surface area contributed by atoms with Gasteiger partial charge in [-0.2, -0.15) is 0 Å². The van der Waals surface area contributed by atoms with Crippen molar-refractivity contribution < 1.29 is 0 Å². The van der Waals surface area contributed by atoms with Gasteiger partial charge in [0.25, 0.3) is 0 Å². The molecule has 2 aromatic rings. The van der Waals surface area contributed by atoms with Crippen LogP contribution in [0.15, 0.2) is 42.5 Å². The van der Waals surface area contributed by atoms with Gasteiger partial charge >= 0.3 is 0 Å². The SMILES string of the molecule is CCN(Cc1ccc(CN)cc1C)c1cccc(C)c1. The van der Waals surface area contributed by atoms with E-state index < -0.39 is 0 Å². The average Bonchev–Trinajstić information content (AvgIpc) is 2.46. The molecule has 0 saturated heterocycles. The van der Waals surface area contributed by atoms with Gasteiger partial charge in [0, 0.05) is 25.3 Å². The second kappa shape index (κ2) is 6.58. The van der Waals surface area contributed by atoms with Crippen LogP contribution in [0.4, 0.5) is 5.69 Å². The second-order valence-electron chi connectivity index (χ2n) is 5.32. The van der Waals surface area contributed by atoms with Crippen LogP contribution >= 0.6 is 0 Å². The predicted octanol–water partition coefficient (Wildman–Crippen LogP) is 3.79. The number of rotatable bonds is 5. The Bertz CT molecular complexity index is 575. The minimum absolute atomic E-state index is 0.608. The van der Waals surface area contributed by atoms with E-state index in [4.69, 9.17) is 5.73 Å². The van der Waals surface area contributed by atoms with Crippen LogP contribution in [0.25, 0.3) is 0 Å². The van der Waals surface area contributed by atoms with E-state index in [1.165, 1.54) is 27.9 Å². The maximum Gasteiger partial charge on any atom is 0.0431 e. The zero-order valence-electron chi connectivity index (χ0n) is 12.7. The highest BCUT2D eigenvalue weighted by molar-refractivity contribution is 5.49. The van der Waals surface area contributed by atoms with Crippen LogP contribution in [0, 0.1) is 13.8 Å². The molecule has 0 aliphatic rings. The highest BCUT2D eigenvalue weighted by Gasteiger charge is 2.07. The lowest BCUT2D eigenvalue weighted by Gasteiger charge is -2.24. The van der Waals surface area contributed by atoms with Crippen LogP contribution in [0.3, 0.4) is 0 Å². The van der Waals surface area contributed by atoms with E-state index in [9.17, 15) is 0 Å². The molecule has 2 rings (SSSR count). The number of benzene rings is 2. The van der Waals surface area contributed by atoms with E-state index in [0.717, 1.165) is 13.1 Å². The van der Waals surface area contributed by atoms with E-state index in [0.29, 0.717) is 6.54 Å². The Kier molecular flexibility index (Phi) is 4.80. The Morgan fingerprint density at radius 2 is 1.85 bits per heavy atom. The molecule has 20 heavy (non-hydrogen) atoms. The lowest BCUT2D eigenvalue weighted by Crippen LogP contribution is -2.22. The number of hydrogen-bond acceptors (Lipinski definition) is 2. The highest BCUT2D eigenvalue weighted by atomic mass is 15.1. The Labute approximate surface area is 122 Å². The maximum absolute atomic E-state index is 5.69. The van der Waals surface area contributed by atoms with Crippen molar-refractivity contribution in [3.8, 4) is 0 Å². The normalized spacial score (nSPS) is 10.6. The Morgan fingerprint density at radius 1 is 1.05 bits per heavy atom. The summed E-state index contributed by atoms with van der Waals surface area (Å²) in [5, 5.41) is 0. The Balaban J connectivity index is 2.22. The molecular formula is C18H24N2. The fourth-order valence-corrected chi connectivity index (χ4v) is 2.48. The fourth-order valence-electron chi connectivity index (χ4n) is 2.48. The summed E-state index contributed by atoms with van der Waals surface area (Å²) in [6.45, 7) is 9.05. The molecule has 2 nitrogen and oxygen atoms in total. The molecule has 0 amide bonds.